The fourth-order valence-electron chi connectivity index (χ4n) is 2.71. The molecule has 0 saturated carbocycles. The molecule has 3 rings (SSSR count). The molecule has 2 aromatic rings. The van der Waals surface area contributed by atoms with Crippen LogP contribution in [0.25, 0.3) is 0 Å². The monoisotopic (exact) mass is 330 g/mol. The second-order valence-corrected chi connectivity index (χ2v) is 5.32. The first-order valence-corrected chi connectivity index (χ1v) is 7.38. The van der Waals surface area contributed by atoms with E-state index in [1.165, 1.54) is 14.2 Å². The van der Waals surface area contributed by atoms with Gasteiger partial charge in [-0.1, -0.05) is 12.1 Å². The van der Waals surface area contributed by atoms with Gasteiger partial charge in [0.1, 0.15) is 28.6 Å². The molecule has 1 N–H and O–H groups in total. The summed E-state index contributed by atoms with van der Waals surface area (Å²) in [6, 6.07) is 10.2. The summed E-state index contributed by atoms with van der Waals surface area (Å²) in [5, 5.41) is 10.4. The zero-order chi connectivity index (χ0) is 17.3. The number of rotatable bonds is 4. The summed E-state index contributed by atoms with van der Waals surface area (Å²) < 4.78 is 21.4. The highest BCUT2D eigenvalue weighted by atomic mass is 16.5. The number of ether oxygens (including phenoxy) is 4. The predicted octanol–water partition coefficient (Wildman–Crippen LogP) is 2.39. The minimum atomic E-state index is -1.33. The van der Waals surface area contributed by atoms with Gasteiger partial charge in [-0.15, -0.1) is 0 Å². The van der Waals surface area contributed by atoms with Crippen LogP contribution in [0.15, 0.2) is 36.4 Å². The molecule has 0 radical (unpaired) electrons. The van der Waals surface area contributed by atoms with Crippen LogP contribution >= 0.6 is 0 Å². The second kappa shape index (κ2) is 6.41. The van der Waals surface area contributed by atoms with Crippen molar-refractivity contribution in [2.45, 2.75) is 12.2 Å². The summed E-state index contributed by atoms with van der Waals surface area (Å²) >= 11 is 0. The molecule has 0 fully saturated rings. The van der Waals surface area contributed by atoms with Crippen molar-refractivity contribution in [2.75, 3.05) is 21.3 Å². The number of benzene rings is 2. The lowest BCUT2D eigenvalue weighted by atomic mass is 9.93. The van der Waals surface area contributed by atoms with E-state index in [1.54, 1.807) is 43.5 Å². The van der Waals surface area contributed by atoms with E-state index < -0.39 is 18.0 Å². The summed E-state index contributed by atoms with van der Waals surface area (Å²) in [6.07, 6.45) is -2.14. The first kappa shape index (κ1) is 16.1. The van der Waals surface area contributed by atoms with Crippen LogP contribution in [0.5, 0.6) is 23.0 Å². The van der Waals surface area contributed by atoms with Crippen LogP contribution in [0.2, 0.25) is 0 Å². The Labute approximate surface area is 139 Å². The number of carbonyl (C=O) groups is 1. The van der Waals surface area contributed by atoms with Crippen molar-refractivity contribution in [2.24, 2.45) is 0 Å². The summed E-state index contributed by atoms with van der Waals surface area (Å²) in [5.41, 5.74) is 0.889. The summed E-state index contributed by atoms with van der Waals surface area (Å²) in [4.78, 5) is 12.6. The zero-order valence-electron chi connectivity index (χ0n) is 13.6. The number of fused-ring (bicyclic) bond motifs is 1. The van der Waals surface area contributed by atoms with Gasteiger partial charge < -0.3 is 24.1 Å². The van der Waals surface area contributed by atoms with Crippen LogP contribution in [0, 0.1) is 0 Å². The van der Waals surface area contributed by atoms with Gasteiger partial charge in [0.05, 0.1) is 21.3 Å². The summed E-state index contributed by atoms with van der Waals surface area (Å²) in [5.74, 6) is 1.36. The van der Waals surface area contributed by atoms with E-state index in [9.17, 15) is 9.90 Å². The van der Waals surface area contributed by atoms with Gasteiger partial charge in [-0.3, -0.25) is 4.79 Å². The molecule has 6 nitrogen and oxygen atoms in total. The average molecular weight is 330 g/mol. The van der Waals surface area contributed by atoms with Crippen molar-refractivity contribution in [1.29, 1.82) is 0 Å². The molecule has 1 aliphatic heterocycles. The Morgan fingerprint density at radius 2 is 1.62 bits per heavy atom. The lowest BCUT2D eigenvalue weighted by Crippen LogP contribution is -2.36. The molecule has 0 spiro atoms. The Hall–Kier alpha value is -2.73. The molecule has 6 heteroatoms. The Morgan fingerprint density at radius 1 is 0.958 bits per heavy atom. The topological polar surface area (TPSA) is 74.2 Å². The van der Waals surface area contributed by atoms with Gasteiger partial charge in [0.2, 0.25) is 5.78 Å². The number of ketones is 1. The van der Waals surface area contributed by atoms with Gasteiger partial charge >= 0.3 is 0 Å². The van der Waals surface area contributed by atoms with Gasteiger partial charge in [-0.2, -0.15) is 0 Å². The quantitative estimate of drug-likeness (QED) is 0.928. The van der Waals surface area contributed by atoms with Gasteiger partial charge in [0, 0.05) is 12.1 Å². The van der Waals surface area contributed by atoms with Crippen LogP contribution in [0.1, 0.15) is 22.0 Å². The van der Waals surface area contributed by atoms with E-state index in [-0.39, 0.29) is 5.56 Å². The molecule has 0 amide bonds. The van der Waals surface area contributed by atoms with Gasteiger partial charge in [-0.25, -0.2) is 0 Å². The number of hydrogen-bond acceptors (Lipinski definition) is 6. The lowest BCUT2D eigenvalue weighted by Gasteiger charge is -2.30. The molecule has 0 aliphatic carbocycles. The van der Waals surface area contributed by atoms with Crippen LogP contribution in [-0.4, -0.2) is 38.3 Å². The molecular formula is C18H18O6. The molecular weight excluding hydrogens is 312 g/mol. The zero-order valence-corrected chi connectivity index (χ0v) is 13.6. The van der Waals surface area contributed by atoms with Gasteiger partial charge in [0.15, 0.2) is 12.2 Å². The number of hydrogen-bond donors (Lipinski definition) is 1. The minimum absolute atomic E-state index is 0.218. The van der Waals surface area contributed by atoms with Gasteiger partial charge in [-0.05, 0) is 17.7 Å². The first-order chi connectivity index (χ1) is 11.6. The highest BCUT2D eigenvalue weighted by molar-refractivity contribution is 6.05. The van der Waals surface area contributed by atoms with E-state index in [0.29, 0.717) is 28.6 Å². The van der Waals surface area contributed by atoms with Gasteiger partial charge in [0.25, 0.3) is 0 Å². The van der Waals surface area contributed by atoms with Crippen molar-refractivity contribution >= 4 is 5.78 Å². The number of carbonyl (C=O) groups excluding carboxylic acids is 1. The molecule has 1 heterocycles. The second-order valence-electron chi connectivity index (χ2n) is 5.32. The van der Waals surface area contributed by atoms with E-state index in [2.05, 4.69) is 0 Å². The SMILES string of the molecule is COc1ccc(C2Oc3cc(OC)cc(OC)c3C(=O)C2O)cc1. The fraction of sp³-hybridized carbons (Fsp3) is 0.278. The third kappa shape index (κ3) is 2.65. The van der Waals surface area contributed by atoms with E-state index in [0.717, 1.165) is 0 Å². The molecule has 24 heavy (non-hydrogen) atoms. The number of aliphatic hydroxyl groups is 1. The Morgan fingerprint density at radius 3 is 2.21 bits per heavy atom. The van der Waals surface area contributed by atoms with Crippen molar-refractivity contribution in [3.63, 3.8) is 0 Å². The Balaban J connectivity index is 2.04. The average Bonchev–Trinajstić information content (AvgIpc) is 2.63. The molecule has 0 saturated heterocycles. The molecule has 1 aliphatic rings. The molecule has 126 valence electrons. The van der Waals surface area contributed by atoms with Crippen molar-refractivity contribution < 1.29 is 28.8 Å². The molecule has 2 aromatic carbocycles. The van der Waals surface area contributed by atoms with Crippen LogP contribution in [-0.2, 0) is 0 Å². The predicted molar refractivity (Wildman–Crippen MR) is 86.2 cm³/mol. The fourth-order valence-corrected chi connectivity index (χ4v) is 2.71. The molecule has 0 aromatic heterocycles. The third-order valence-corrected chi connectivity index (χ3v) is 4.00. The maximum absolute atomic E-state index is 12.6. The largest absolute Gasteiger partial charge is 0.497 e. The van der Waals surface area contributed by atoms with Crippen LogP contribution < -0.4 is 18.9 Å². The standard InChI is InChI=1S/C18H18O6/c1-21-11-6-4-10(5-7-11)18-17(20)16(19)15-13(23-3)8-12(22-2)9-14(15)24-18/h4-9,17-18,20H,1-3H3. The van der Waals surface area contributed by atoms with Crippen molar-refractivity contribution in [3.05, 3.63) is 47.5 Å². The summed E-state index contributed by atoms with van der Waals surface area (Å²) in [6.45, 7) is 0. The lowest BCUT2D eigenvalue weighted by molar-refractivity contribution is 0.0210. The maximum Gasteiger partial charge on any atom is 0.202 e. The smallest absolute Gasteiger partial charge is 0.202 e. The molecule has 2 atom stereocenters. The maximum atomic E-state index is 12.6. The summed E-state index contributed by atoms with van der Waals surface area (Å²) in [7, 11) is 4.53. The number of aliphatic hydroxyl groups excluding tert-OH is 1. The first-order valence-electron chi connectivity index (χ1n) is 7.38. The number of methoxy groups -OCH3 is 3. The Kier molecular flexibility index (Phi) is 4.31. The highest BCUT2D eigenvalue weighted by Crippen LogP contribution is 2.42. The molecule has 0 bridgehead atoms. The van der Waals surface area contributed by atoms with E-state index >= 15 is 0 Å². The van der Waals surface area contributed by atoms with Crippen molar-refractivity contribution in [1.82, 2.24) is 0 Å². The highest BCUT2D eigenvalue weighted by Gasteiger charge is 2.39. The Bertz CT molecular complexity index is 753. The minimum Gasteiger partial charge on any atom is -0.497 e. The van der Waals surface area contributed by atoms with Crippen LogP contribution in [0.4, 0.5) is 0 Å². The number of Topliss-reactive ketones (excluding diaryl/α,β-unsaturated/α-hetero) is 1. The normalized spacial score (nSPS) is 19.2. The van der Waals surface area contributed by atoms with E-state index in [1.807, 2.05) is 0 Å². The molecule has 2 unspecified atom stereocenters. The van der Waals surface area contributed by atoms with E-state index in [4.69, 9.17) is 18.9 Å². The third-order valence-electron chi connectivity index (χ3n) is 4.00. The van der Waals surface area contributed by atoms with Crippen molar-refractivity contribution in [3.8, 4) is 23.0 Å². The van der Waals surface area contributed by atoms with Crippen LogP contribution in [0.3, 0.4) is 0 Å².